The molecule has 0 fully saturated rings. The van der Waals surface area contributed by atoms with Crippen LogP contribution in [0.2, 0.25) is 0 Å². The van der Waals surface area contributed by atoms with E-state index in [0.29, 0.717) is 6.42 Å². The van der Waals surface area contributed by atoms with Gasteiger partial charge in [0.1, 0.15) is 0 Å². The molecule has 0 saturated heterocycles. The van der Waals surface area contributed by atoms with Crippen LogP contribution in [0.15, 0.2) is 0 Å². The fraction of sp³-hybridized carbons (Fsp3) is 0.667. The highest BCUT2D eigenvalue weighted by atomic mass is 16.1. The minimum absolute atomic E-state index is 0.0897. The molecule has 0 saturated carbocycles. The molecular formula is C6H12NO. The molecule has 0 atom stereocenters. The number of carbonyl (C=O) groups excluding carboxylic acids is 1. The topological polar surface area (TPSA) is 29.1 Å². The maximum absolute atomic E-state index is 10.4. The molecule has 0 heterocycles. The van der Waals surface area contributed by atoms with Crippen LogP contribution in [0.3, 0.4) is 0 Å². The normalized spacial score (nSPS) is 8.75. The van der Waals surface area contributed by atoms with Gasteiger partial charge in [-0.3, -0.25) is 4.79 Å². The van der Waals surface area contributed by atoms with Crippen LogP contribution < -0.4 is 5.32 Å². The predicted octanol–water partition coefficient (Wildman–Crippen LogP) is 0.737. The number of unbranched alkanes of at least 4 members (excludes halogenated alkanes) is 1. The largest absolute Gasteiger partial charge is 0.359 e. The molecule has 1 radical (unpaired) electrons. The molecule has 0 rings (SSSR count). The van der Waals surface area contributed by atoms with Crippen molar-refractivity contribution in [2.45, 2.75) is 19.8 Å². The monoisotopic (exact) mass is 114 g/mol. The van der Waals surface area contributed by atoms with Gasteiger partial charge < -0.3 is 5.32 Å². The number of hydrogen-bond acceptors (Lipinski definition) is 1. The Morgan fingerprint density at radius 2 is 2.38 bits per heavy atom. The number of amides is 1. The van der Waals surface area contributed by atoms with Crippen molar-refractivity contribution >= 4 is 5.91 Å². The second-order valence-corrected chi connectivity index (χ2v) is 1.57. The van der Waals surface area contributed by atoms with E-state index in [2.05, 4.69) is 5.32 Å². The van der Waals surface area contributed by atoms with E-state index in [1.165, 1.54) is 0 Å². The van der Waals surface area contributed by atoms with Gasteiger partial charge in [0.15, 0.2) is 0 Å². The highest BCUT2D eigenvalue weighted by Crippen LogP contribution is 1.89. The Balaban J connectivity index is 2.99. The van der Waals surface area contributed by atoms with Crippen molar-refractivity contribution in [1.82, 2.24) is 5.32 Å². The van der Waals surface area contributed by atoms with Crippen molar-refractivity contribution in [3.8, 4) is 0 Å². The van der Waals surface area contributed by atoms with Crippen LogP contribution in [0.25, 0.3) is 0 Å². The first-order valence-electron chi connectivity index (χ1n) is 2.83. The lowest BCUT2D eigenvalue weighted by Gasteiger charge is -1.93. The maximum atomic E-state index is 10.4. The van der Waals surface area contributed by atoms with Crippen molar-refractivity contribution < 1.29 is 4.79 Å². The maximum Gasteiger partial charge on any atom is 0.220 e. The van der Waals surface area contributed by atoms with E-state index in [1.807, 2.05) is 13.3 Å². The molecule has 0 spiro atoms. The third kappa shape index (κ3) is 3.65. The van der Waals surface area contributed by atoms with Gasteiger partial charge in [0, 0.05) is 13.5 Å². The summed E-state index contributed by atoms with van der Waals surface area (Å²) in [5.41, 5.74) is 0. The lowest BCUT2D eigenvalue weighted by atomic mass is 10.2. The van der Waals surface area contributed by atoms with Gasteiger partial charge >= 0.3 is 0 Å². The Morgan fingerprint density at radius 1 is 1.75 bits per heavy atom. The molecule has 0 aromatic carbocycles. The molecule has 0 aliphatic rings. The number of carbonyl (C=O) groups is 1. The Labute approximate surface area is 50.3 Å². The van der Waals surface area contributed by atoms with Crippen LogP contribution in [0.4, 0.5) is 0 Å². The molecule has 0 aliphatic carbocycles. The molecule has 1 amide bonds. The van der Waals surface area contributed by atoms with Crippen molar-refractivity contribution in [1.29, 1.82) is 0 Å². The van der Waals surface area contributed by atoms with E-state index >= 15 is 0 Å². The third-order valence-electron chi connectivity index (χ3n) is 0.897. The zero-order valence-electron chi connectivity index (χ0n) is 5.40. The molecule has 2 heteroatoms. The molecule has 47 valence electrons. The van der Waals surface area contributed by atoms with Crippen LogP contribution in [0, 0.1) is 6.42 Å². The first-order valence-corrected chi connectivity index (χ1v) is 2.83. The van der Waals surface area contributed by atoms with E-state index < -0.39 is 0 Å². The molecular weight excluding hydrogens is 102 g/mol. The Morgan fingerprint density at radius 3 is 2.75 bits per heavy atom. The molecule has 0 aliphatic heterocycles. The molecule has 0 bridgehead atoms. The van der Waals surface area contributed by atoms with Crippen molar-refractivity contribution in [2.24, 2.45) is 0 Å². The van der Waals surface area contributed by atoms with Gasteiger partial charge in [-0.15, -0.1) is 0 Å². The fourth-order valence-corrected chi connectivity index (χ4v) is 0.377. The Hall–Kier alpha value is -0.530. The second-order valence-electron chi connectivity index (χ2n) is 1.57. The SMILES string of the molecule is CC[CH]CC(=O)NC. The van der Waals surface area contributed by atoms with Crippen LogP contribution in [0.5, 0.6) is 0 Å². The highest BCUT2D eigenvalue weighted by Gasteiger charge is 1.92. The van der Waals surface area contributed by atoms with Crippen LogP contribution >= 0.6 is 0 Å². The van der Waals surface area contributed by atoms with Gasteiger partial charge in [0.2, 0.25) is 5.91 Å². The Bertz CT molecular complexity index is 70.9. The molecule has 2 nitrogen and oxygen atoms in total. The lowest BCUT2D eigenvalue weighted by Crippen LogP contribution is -2.16. The molecule has 8 heavy (non-hydrogen) atoms. The van der Waals surface area contributed by atoms with Gasteiger partial charge in [-0.2, -0.15) is 0 Å². The summed E-state index contributed by atoms with van der Waals surface area (Å²) in [6, 6.07) is 0. The molecule has 0 unspecified atom stereocenters. The first-order chi connectivity index (χ1) is 3.81. The molecule has 0 aromatic heterocycles. The van der Waals surface area contributed by atoms with Crippen LogP contribution in [0.1, 0.15) is 19.8 Å². The summed E-state index contributed by atoms with van der Waals surface area (Å²) < 4.78 is 0. The van der Waals surface area contributed by atoms with Crippen molar-refractivity contribution in [3.05, 3.63) is 6.42 Å². The summed E-state index contributed by atoms with van der Waals surface area (Å²) in [6.07, 6.45) is 3.46. The summed E-state index contributed by atoms with van der Waals surface area (Å²) >= 11 is 0. The zero-order chi connectivity index (χ0) is 6.41. The summed E-state index contributed by atoms with van der Waals surface area (Å²) in [7, 11) is 1.64. The minimum atomic E-state index is 0.0897. The van der Waals surface area contributed by atoms with Crippen LogP contribution in [-0.4, -0.2) is 13.0 Å². The summed E-state index contributed by atoms with van der Waals surface area (Å²) in [6.45, 7) is 2.02. The second kappa shape index (κ2) is 4.62. The number of nitrogens with one attached hydrogen (secondary N) is 1. The van der Waals surface area contributed by atoms with Gasteiger partial charge in [-0.05, 0) is 6.42 Å². The van der Waals surface area contributed by atoms with Gasteiger partial charge in [0.25, 0.3) is 0 Å². The number of rotatable bonds is 3. The average Bonchev–Trinajstić information content (AvgIpc) is 1.83. The summed E-state index contributed by atoms with van der Waals surface area (Å²) in [5.74, 6) is 0.0897. The minimum Gasteiger partial charge on any atom is -0.359 e. The summed E-state index contributed by atoms with van der Waals surface area (Å²) in [4.78, 5) is 10.4. The highest BCUT2D eigenvalue weighted by molar-refractivity contribution is 5.76. The van der Waals surface area contributed by atoms with Crippen molar-refractivity contribution in [2.75, 3.05) is 7.05 Å². The van der Waals surface area contributed by atoms with E-state index in [4.69, 9.17) is 0 Å². The molecule has 1 N–H and O–H groups in total. The van der Waals surface area contributed by atoms with Gasteiger partial charge in [-0.25, -0.2) is 0 Å². The lowest BCUT2D eigenvalue weighted by molar-refractivity contribution is -0.120. The van der Waals surface area contributed by atoms with Crippen LogP contribution in [-0.2, 0) is 4.79 Å². The van der Waals surface area contributed by atoms with Gasteiger partial charge in [-0.1, -0.05) is 13.3 Å². The Kier molecular flexibility index (Phi) is 4.32. The third-order valence-corrected chi connectivity index (χ3v) is 0.897. The number of hydrogen-bond donors (Lipinski definition) is 1. The molecule has 0 aromatic rings. The van der Waals surface area contributed by atoms with Crippen molar-refractivity contribution in [3.63, 3.8) is 0 Å². The predicted molar refractivity (Wildman–Crippen MR) is 33.3 cm³/mol. The van der Waals surface area contributed by atoms with Gasteiger partial charge in [0.05, 0.1) is 0 Å². The van der Waals surface area contributed by atoms with E-state index in [-0.39, 0.29) is 5.91 Å². The smallest absolute Gasteiger partial charge is 0.220 e. The standard InChI is InChI=1S/C6H12NO/c1-3-4-5-6(8)7-2/h4H,3,5H2,1-2H3,(H,7,8). The zero-order valence-corrected chi connectivity index (χ0v) is 5.40. The quantitative estimate of drug-likeness (QED) is 0.576. The van der Waals surface area contributed by atoms with E-state index in [0.717, 1.165) is 6.42 Å². The first kappa shape index (κ1) is 7.47. The average molecular weight is 114 g/mol. The van der Waals surface area contributed by atoms with E-state index in [9.17, 15) is 4.79 Å². The fourth-order valence-electron chi connectivity index (χ4n) is 0.377. The summed E-state index contributed by atoms with van der Waals surface area (Å²) in [5, 5.41) is 2.53. The van der Waals surface area contributed by atoms with E-state index in [1.54, 1.807) is 7.05 Å².